The maximum atomic E-state index is 13.9. The summed E-state index contributed by atoms with van der Waals surface area (Å²) in [6.07, 6.45) is -6.82. The standard InChI is InChI=1S/C29H34F2O4S2.C26H30FS.C19H17S.C10H10F2O5.C3H6F2O4S/c1-20(29(30,31)37(32,33)34)35-23-12-18-26(19-13-23)36(24-14-8-21(9-15-24)27(2,3)4)25-16-10-22(11-17-25)28(5,6)7;1-25(2,3)19-7-13-22(14-8-19)28(24-17-11-21(27)12-18-24)23-15-9-20(10-16-23)26(4,5)6;1-16-12-14-19(15-13-16)20(17-8-4-2-5-9-17)18-10-6-3-7-11-18;1-10(11,12)9(14)17-6-4-2-3-5(15-4)7(6)16-8(3)13;1-2(6)3(4,5)10(7,8)9/h8-20H,1-7H3;7-18H,1-6H3;2-15H,1H3;3-7H,2H2,1H3;2,6H,1H3,(H,7,8,9)/q;2*+1;;/p-1. The predicted octanol–water partition coefficient (Wildman–Crippen LogP) is 19.7. The normalized spacial score (nSPS) is 17.7. The third kappa shape index (κ3) is 22.7. The molecule has 3 aliphatic heterocycles. The van der Waals surface area contributed by atoms with Crippen LogP contribution in [-0.2, 0) is 98.4 Å². The summed E-state index contributed by atoms with van der Waals surface area (Å²) in [5.74, 6) is -6.04. The van der Waals surface area contributed by atoms with Crippen LogP contribution in [0.4, 0.5) is 30.7 Å². The van der Waals surface area contributed by atoms with Crippen LogP contribution in [0, 0.1) is 18.7 Å². The van der Waals surface area contributed by atoms with Crippen LogP contribution in [-0.4, -0.2) is 96.0 Å². The number of aliphatic hydroxyl groups excluding tert-OH is 1. The highest BCUT2D eigenvalue weighted by Gasteiger charge is 2.65. The maximum Gasteiger partial charge on any atom is 0.377 e. The fourth-order valence-electron chi connectivity index (χ4n) is 11.9. The lowest BCUT2D eigenvalue weighted by Crippen LogP contribution is -2.43. The molecule has 600 valence electrons. The zero-order valence-electron chi connectivity index (χ0n) is 65.2. The van der Waals surface area contributed by atoms with Crippen molar-refractivity contribution < 1.29 is 90.3 Å². The Morgan fingerprint density at radius 3 is 1.04 bits per heavy atom. The molecule has 7 unspecified atom stereocenters. The largest absolute Gasteiger partial charge is 0.743 e. The summed E-state index contributed by atoms with van der Waals surface area (Å²) in [4.78, 5) is 33.3. The van der Waals surface area contributed by atoms with Crippen molar-refractivity contribution in [3.63, 3.8) is 0 Å². The van der Waals surface area contributed by atoms with Crippen molar-refractivity contribution in [2.45, 2.75) is 236 Å². The topological polar surface area (TPSA) is 206 Å². The van der Waals surface area contributed by atoms with Crippen molar-refractivity contribution in [1.29, 1.82) is 0 Å². The van der Waals surface area contributed by atoms with Crippen molar-refractivity contribution in [2.75, 3.05) is 0 Å². The molecule has 3 fully saturated rings. The van der Waals surface area contributed by atoms with Gasteiger partial charge in [-0.15, -0.1) is 0 Å². The highest BCUT2D eigenvalue weighted by Crippen LogP contribution is 2.48. The number of carbonyl (C=O) groups is 2. The van der Waals surface area contributed by atoms with Crippen LogP contribution in [0.2, 0.25) is 0 Å². The second kappa shape index (κ2) is 35.8. The van der Waals surface area contributed by atoms with Gasteiger partial charge < -0.3 is 33.2 Å². The van der Waals surface area contributed by atoms with Crippen molar-refractivity contribution in [2.24, 2.45) is 5.92 Å². The van der Waals surface area contributed by atoms with Crippen LogP contribution in [0.1, 0.15) is 138 Å². The van der Waals surface area contributed by atoms with Gasteiger partial charge in [0.15, 0.2) is 82.6 Å². The van der Waals surface area contributed by atoms with Gasteiger partial charge in [-0.3, -0.25) is 4.79 Å². The first-order valence-electron chi connectivity index (χ1n) is 36.0. The van der Waals surface area contributed by atoms with E-state index in [2.05, 4.69) is 272 Å². The minimum atomic E-state index is -5.85. The summed E-state index contributed by atoms with van der Waals surface area (Å²) in [6.45, 7) is 30.3. The summed E-state index contributed by atoms with van der Waals surface area (Å²) in [7, 11) is -12.4. The van der Waals surface area contributed by atoms with Crippen molar-refractivity contribution in [3.8, 4) is 5.75 Å². The Morgan fingerprint density at radius 2 is 0.750 bits per heavy atom. The lowest BCUT2D eigenvalue weighted by atomic mass is 9.87. The number of hydrogen-bond donors (Lipinski definition) is 1. The number of aliphatic hydroxyl groups is 1. The van der Waals surface area contributed by atoms with Gasteiger partial charge in [0.05, 0.1) is 44.7 Å². The Hall–Kier alpha value is -7.98. The minimum absolute atomic E-state index is 0.0147. The van der Waals surface area contributed by atoms with Crippen molar-refractivity contribution in [1.82, 2.24) is 0 Å². The number of rotatable bonds is 17. The zero-order valence-corrected chi connectivity index (χ0v) is 69.3. The molecule has 3 saturated heterocycles. The molecule has 13 nitrogen and oxygen atoms in total. The van der Waals surface area contributed by atoms with Crippen LogP contribution in [0.5, 0.6) is 5.75 Å². The molecular weight excluding hydrogens is 1550 g/mol. The van der Waals surface area contributed by atoms with Crippen LogP contribution >= 0.6 is 0 Å². The number of aryl methyl sites for hydroxylation is 1. The average Bonchev–Trinajstić information content (AvgIpc) is 1.57. The minimum Gasteiger partial charge on any atom is -0.743 e. The average molecular weight is 1640 g/mol. The van der Waals surface area contributed by atoms with E-state index in [4.69, 9.17) is 24.1 Å². The second-order valence-corrected chi connectivity index (χ2v) is 40.5. The molecule has 9 aromatic carbocycles. The summed E-state index contributed by atoms with van der Waals surface area (Å²) in [5.41, 5.74) is 6.66. The lowest BCUT2D eigenvalue weighted by Gasteiger charge is -2.26. The molecule has 0 radical (unpaired) electrons. The van der Waals surface area contributed by atoms with Crippen molar-refractivity contribution >= 4 is 64.9 Å². The second-order valence-electron chi connectivity index (χ2n) is 31.5. The fraction of sp³-hybridized carbons (Fsp3) is 0.356. The van der Waals surface area contributed by atoms with E-state index in [1.54, 1.807) is 24.3 Å². The van der Waals surface area contributed by atoms with E-state index in [-0.39, 0.29) is 60.9 Å². The van der Waals surface area contributed by atoms with Gasteiger partial charge in [0, 0.05) is 6.92 Å². The van der Waals surface area contributed by atoms with E-state index < -0.39 is 96.1 Å². The van der Waals surface area contributed by atoms with E-state index in [1.165, 1.54) is 64.4 Å². The third-order valence-corrected chi connectivity index (χ3v) is 27.2. The van der Waals surface area contributed by atoms with Gasteiger partial charge in [-0.25, -0.2) is 26.0 Å². The van der Waals surface area contributed by atoms with Crippen LogP contribution < -0.4 is 4.74 Å². The third-order valence-electron chi connectivity index (χ3n) is 18.5. The van der Waals surface area contributed by atoms with Crippen LogP contribution in [0.15, 0.2) is 275 Å². The summed E-state index contributed by atoms with van der Waals surface area (Å²) >= 11 is 0. The molecular formula is C87H96F7O13S5+. The summed E-state index contributed by atoms with van der Waals surface area (Å²) in [5, 5.41) is -1.05. The van der Waals surface area contributed by atoms with Crippen molar-refractivity contribution in [3.05, 3.63) is 264 Å². The van der Waals surface area contributed by atoms with Gasteiger partial charge in [0.2, 0.25) is 0 Å². The molecule has 7 atom stereocenters. The molecule has 0 spiro atoms. The first-order chi connectivity index (χ1) is 51.9. The molecule has 1 N–H and O–H groups in total. The molecule has 112 heavy (non-hydrogen) atoms. The van der Waals surface area contributed by atoms with E-state index >= 15 is 0 Å². The number of halogens is 7. The Morgan fingerprint density at radius 1 is 0.455 bits per heavy atom. The van der Waals surface area contributed by atoms with E-state index in [0.717, 1.165) is 26.5 Å². The van der Waals surface area contributed by atoms with Gasteiger partial charge in [0.25, 0.3) is 0 Å². The van der Waals surface area contributed by atoms with E-state index in [9.17, 15) is 66.3 Å². The number of hydrogen-bond acceptors (Lipinski definition) is 13. The molecule has 0 aliphatic carbocycles. The molecule has 0 amide bonds. The first kappa shape index (κ1) is 89.6. The van der Waals surface area contributed by atoms with Gasteiger partial charge >= 0.3 is 28.4 Å². The highest BCUT2D eigenvalue weighted by atomic mass is 32.2. The van der Waals surface area contributed by atoms with Gasteiger partial charge in [-0.2, -0.15) is 26.3 Å². The Balaban J connectivity index is 0.000000186. The lowest BCUT2D eigenvalue weighted by molar-refractivity contribution is -0.182. The van der Waals surface area contributed by atoms with E-state index in [1.807, 2.05) is 12.1 Å². The number of carbonyl (C=O) groups excluding carboxylic acids is 2. The molecule has 25 heteroatoms. The fourth-order valence-corrected chi connectivity index (χ4v) is 18.9. The highest BCUT2D eigenvalue weighted by molar-refractivity contribution is 7.97. The molecule has 0 aromatic heterocycles. The molecule has 3 heterocycles. The first-order valence-corrected chi connectivity index (χ1v) is 42.5. The molecule has 3 aliphatic rings. The number of ether oxygens (including phenoxy) is 4. The summed E-state index contributed by atoms with van der Waals surface area (Å²) in [6, 6.07) is 78.7. The predicted molar refractivity (Wildman–Crippen MR) is 422 cm³/mol. The Bertz CT molecular complexity index is 4670. The van der Waals surface area contributed by atoms with Crippen LogP contribution in [0.25, 0.3) is 0 Å². The summed E-state index contributed by atoms with van der Waals surface area (Å²) < 4.78 is 172. The SMILES string of the molecule is CC(C)(C)c1ccc([S+](c2ccc(F)cc2)c2ccc(C(C)(C)C)cc2)cc1.CC(F)(F)C(=O)OC1C2CC3C(=O)OC1C3O2.CC(O)C(F)(F)S(=O)(=O)[O-].CC(Oc1ccc([S+](c2ccc(C(C)(C)C)cc2)c2ccc(C(C)(C)C)cc2)cc1)C(F)(F)S(=O)(=O)[O-].Cc1ccc([S+](c2ccccc2)c2ccccc2)cc1. The molecule has 0 saturated carbocycles. The van der Waals surface area contributed by atoms with Gasteiger partial charge in [0.1, 0.15) is 23.8 Å². The molecule has 12 rings (SSSR count). The number of benzene rings is 9. The molecule has 9 aromatic rings. The van der Waals surface area contributed by atoms with E-state index in [0.29, 0.717) is 20.3 Å². The smallest absolute Gasteiger partial charge is 0.377 e. The number of alkyl halides is 6. The quantitative estimate of drug-likeness (QED) is 0.0390. The van der Waals surface area contributed by atoms with Crippen LogP contribution in [0.3, 0.4) is 0 Å². The number of esters is 2. The molecule has 2 bridgehead atoms. The van der Waals surface area contributed by atoms with Gasteiger partial charge in [-0.05, 0) is 205 Å². The van der Waals surface area contributed by atoms with Gasteiger partial charge in [-0.1, -0.05) is 186 Å². The zero-order chi connectivity index (χ0) is 83.1. The Labute approximate surface area is 662 Å². The Kier molecular flexibility index (Phi) is 28.6. The monoisotopic (exact) mass is 1640 g/mol. The number of fused-ring (bicyclic) bond motifs is 1. The maximum absolute atomic E-state index is 13.9.